The van der Waals surface area contributed by atoms with Gasteiger partial charge in [-0.25, -0.2) is 4.39 Å². The lowest BCUT2D eigenvalue weighted by Crippen LogP contribution is -1.77. The summed E-state index contributed by atoms with van der Waals surface area (Å²) in [6.07, 6.45) is 0. The Balaban J connectivity index is 1.92. The number of benzene rings is 3. The van der Waals surface area contributed by atoms with Gasteiger partial charge in [0.15, 0.2) is 0 Å². The van der Waals surface area contributed by atoms with Gasteiger partial charge in [0.1, 0.15) is 5.82 Å². The molecule has 0 saturated carbocycles. The zero-order chi connectivity index (χ0) is 12.4. The zero-order valence-corrected chi connectivity index (χ0v) is 10.5. The van der Waals surface area contributed by atoms with Gasteiger partial charge in [-0.1, -0.05) is 42.1 Å². The van der Waals surface area contributed by atoms with Crippen molar-refractivity contribution in [2.45, 2.75) is 9.79 Å². The molecule has 0 N–H and O–H groups in total. The van der Waals surface area contributed by atoms with Crippen LogP contribution < -0.4 is 0 Å². The van der Waals surface area contributed by atoms with Crippen LogP contribution in [0.1, 0.15) is 0 Å². The molecule has 0 aliphatic carbocycles. The van der Waals surface area contributed by atoms with Crippen LogP contribution in [0.4, 0.5) is 4.39 Å². The summed E-state index contributed by atoms with van der Waals surface area (Å²) < 4.78 is 12.8. The van der Waals surface area contributed by atoms with E-state index in [4.69, 9.17) is 0 Å². The van der Waals surface area contributed by atoms with Crippen LogP contribution in [0.3, 0.4) is 0 Å². The third kappa shape index (κ3) is 2.39. The maximum absolute atomic E-state index is 12.8. The molecule has 0 amide bonds. The fraction of sp³-hybridized carbons (Fsp3) is 0. The van der Waals surface area contributed by atoms with Crippen molar-refractivity contribution in [3.8, 4) is 0 Å². The van der Waals surface area contributed by atoms with E-state index < -0.39 is 0 Å². The van der Waals surface area contributed by atoms with E-state index in [0.717, 1.165) is 4.90 Å². The average Bonchev–Trinajstić information content (AvgIpc) is 2.41. The molecule has 0 spiro atoms. The van der Waals surface area contributed by atoms with Gasteiger partial charge < -0.3 is 0 Å². The predicted octanol–water partition coefficient (Wildman–Crippen LogP) is 5.13. The van der Waals surface area contributed by atoms with E-state index in [9.17, 15) is 4.39 Å². The number of fused-ring (bicyclic) bond motifs is 1. The minimum absolute atomic E-state index is 0.196. The van der Waals surface area contributed by atoms with Crippen LogP contribution in [0.15, 0.2) is 76.5 Å². The van der Waals surface area contributed by atoms with Gasteiger partial charge in [0, 0.05) is 9.79 Å². The van der Waals surface area contributed by atoms with Gasteiger partial charge in [0.25, 0.3) is 0 Å². The molecule has 0 heterocycles. The van der Waals surface area contributed by atoms with Gasteiger partial charge in [0.05, 0.1) is 0 Å². The van der Waals surface area contributed by atoms with Gasteiger partial charge in [-0.15, -0.1) is 0 Å². The topological polar surface area (TPSA) is 0 Å². The first-order valence-corrected chi connectivity index (χ1v) is 6.55. The van der Waals surface area contributed by atoms with Crippen molar-refractivity contribution in [1.82, 2.24) is 0 Å². The highest BCUT2D eigenvalue weighted by Crippen LogP contribution is 2.30. The monoisotopic (exact) mass is 254 g/mol. The summed E-state index contributed by atoms with van der Waals surface area (Å²) in [5.74, 6) is -0.196. The fourth-order valence-electron chi connectivity index (χ4n) is 1.87. The molecular formula is C16H11FS. The maximum atomic E-state index is 12.8. The highest BCUT2D eigenvalue weighted by molar-refractivity contribution is 7.99. The van der Waals surface area contributed by atoms with E-state index in [1.165, 1.54) is 27.8 Å². The van der Waals surface area contributed by atoms with Crippen LogP contribution in [-0.2, 0) is 0 Å². The van der Waals surface area contributed by atoms with Gasteiger partial charge >= 0.3 is 0 Å². The summed E-state index contributed by atoms with van der Waals surface area (Å²) in [7, 11) is 0. The molecule has 0 atom stereocenters. The summed E-state index contributed by atoms with van der Waals surface area (Å²) in [4.78, 5) is 2.21. The first kappa shape index (κ1) is 11.3. The average molecular weight is 254 g/mol. The second-order valence-electron chi connectivity index (χ2n) is 4.06. The van der Waals surface area contributed by atoms with Crippen LogP contribution in [-0.4, -0.2) is 0 Å². The van der Waals surface area contributed by atoms with Gasteiger partial charge in [0.2, 0.25) is 0 Å². The number of rotatable bonds is 2. The fourth-order valence-corrected chi connectivity index (χ4v) is 2.74. The first-order chi connectivity index (χ1) is 8.81. The summed E-state index contributed by atoms with van der Waals surface area (Å²) in [6.45, 7) is 0. The van der Waals surface area contributed by atoms with Crippen molar-refractivity contribution in [2.75, 3.05) is 0 Å². The lowest BCUT2D eigenvalue weighted by atomic mass is 10.1. The lowest BCUT2D eigenvalue weighted by Gasteiger charge is -2.03. The minimum atomic E-state index is -0.196. The Hall–Kier alpha value is -1.80. The molecule has 0 radical (unpaired) electrons. The maximum Gasteiger partial charge on any atom is 0.123 e. The van der Waals surface area contributed by atoms with Gasteiger partial charge in [-0.3, -0.25) is 0 Å². The first-order valence-electron chi connectivity index (χ1n) is 5.73. The van der Waals surface area contributed by atoms with E-state index in [1.807, 2.05) is 12.1 Å². The Morgan fingerprint density at radius 3 is 2.11 bits per heavy atom. The Labute approximate surface area is 109 Å². The summed E-state index contributed by atoms with van der Waals surface area (Å²) in [6, 6.07) is 21.2. The van der Waals surface area contributed by atoms with E-state index in [1.54, 1.807) is 23.9 Å². The molecule has 3 aromatic carbocycles. The SMILES string of the molecule is Fc1ccc(Sc2ccc3ccccc3c2)cc1. The van der Waals surface area contributed by atoms with Crippen LogP contribution in [0.5, 0.6) is 0 Å². The molecular weight excluding hydrogens is 243 g/mol. The van der Waals surface area contributed by atoms with Crippen molar-refractivity contribution >= 4 is 22.5 Å². The van der Waals surface area contributed by atoms with E-state index in [0.29, 0.717) is 0 Å². The Morgan fingerprint density at radius 1 is 0.667 bits per heavy atom. The normalized spacial score (nSPS) is 10.7. The van der Waals surface area contributed by atoms with Crippen LogP contribution in [0.2, 0.25) is 0 Å². The van der Waals surface area contributed by atoms with Gasteiger partial charge in [-0.2, -0.15) is 0 Å². The third-order valence-corrected chi connectivity index (χ3v) is 3.77. The summed E-state index contributed by atoms with van der Waals surface area (Å²) in [5.41, 5.74) is 0. The van der Waals surface area contributed by atoms with Crippen LogP contribution >= 0.6 is 11.8 Å². The Bertz CT molecular complexity index is 674. The molecule has 0 unspecified atom stereocenters. The molecule has 2 heteroatoms. The zero-order valence-electron chi connectivity index (χ0n) is 9.64. The third-order valence-electron chi connectivity index (χ3n) is 2.77. The van der Waals surface area contributed by atoms with E-state index in [2.05, 4.69) is 30.3 Å². The Kier molecular flexibility index (Phi) is 3.03. The van der Waals surface area contributed by atoms with Crippen molar-refractivity contribution in [3.63, 3.8) is 0 Å². The van der Waals surface area contributed by atoms with E-state index >= 15 is 0 Å². The molecule has 3 aromatic rings. The number of hydrogen-bond donors (Lipinski definition) is 0. The Morgan fingerprint density at radius 2 is 1.33 bits per heavy atom. The number of hydrogen-bond acceptors (Lipinski definition) is 1. The van der Waals surface area contributed by atoms with Crippen molar-refractivity contribution in [1.29, 1.82) is 0 Å². The van der Waals surface area contributed by atoms with Crippen LogP contribution in [0, 0.1) is 5.82 Å². The molecule has 0 fully saturated rings. The molecule has 88 valence electrons. The predicted molar refractivity (Wildman–Crippen MR) is 74.5 cm³/mol. The highest BCUT2D eigenvalue weighted by Gasteiger charge is 1.99. The lowest BCUT2D eigenvalue weighted by molar-refractivity contribution is 0.626. The molecule has 0 saturated heterocycles. The minimum Gasteiger partial charge on any atom is -0.207 e. The van der Waals surface area contributed by atoms with Crippen molar-refractivity contribution < 1.29 is 4.39 Å². The molecule has 0 aliphatic heterocycles. The standard InChI is InChI=1S/C16H11FS/c17-14-6-9-15(10-7-14)18-16-8-5-12-3-1-2-4-13(12)11-16/h1-11H. The molecule has 18 heavy (non-hydrogen) atoms. The molecule has 0 aliphatic rings. The van der Waals surface area contributed by atoms with E-state index in [-0.39, 0.29) is 5.82 Å². The summed E-state index contributed by atoms with van der Waals surface area (Å²) >= 11 is 1.64. The molecule has 3 rings (SSSR count). The largest absolute Gasteiger partial charge is 0.207 e. The number of halogens is 1. The van der Waals surface area contributed by atoms with Crippen molar-refractivity contribution in [2.24, 2.45) is 0 Å². The summed E-state index contributed by atoms with van der Waals surface area (Å²) in [5, 5.41) is 2.46. The second kappa shape index (κ2) is 4.83. The van der Waals surface area contributed by atoms with Gasteiger partial charge in [-0.05, 0) is 47.2 Å². The molecule has 0 aromatic heterocycles. The second-order valence-corrected chi connectivity index (χ2v) is 5.21. The van der Waals surface area contributed by atoms with Crippen LogP contribution in [0.25, 0.3) is 10.8 Å². The molecule has 0 bridgehead atoms. The quantitative estimate of drug-likeness (QED) is 0.611. The highest BCUT2D eigenvalue weighted by atomic mass is 32.2. The molecule has 0 nitrogen and oxygen atoms in total. The van der Waals surface area contributed by atoms with Crippen molar-refractivity contribution in [3.05, 3.63) is 72.5 Å². The smallest absolute Gasteiger partial charge is 0.123 e.